The predicted molar refractivity (Wildman–Crippen MR) is 141 cm³/mol. The molecule has 0 spiro atoms. The fourth-order valence-electron chi connectivity index (χ4n) is 4.69. The van der Waals surface area contributed by atoms with Crippen LogP contribution >= 0.6 is 27.3 Å². The molecule has 8 heteroatoms. The molecule has 0 saturated carbocycles. The third-order valence-corrected chi connectivity index (χ3v) is 7.92. The van der Waals surface area contributed by atoms with Crippen LogP contribution in [0.2, 0.25) is 0 Å². The van der Waals surface area contributed by atoms with Gasteiger partial charge < -0.3 is 19.3 Å². The molecule has 1 aliphatic heterocycles. The van der Waals surface area contributed by atoms with Crippen LogP contribution in [0.25, 0.3) is 16.7 Å². The van der Waals surface area contributed by atoms with Crippen molar-refractivity contribution in [2.45, 2.75) is 12.5 Å². The Morgan fingerprint density at radius 3 is 2.66 bits per heavy atom. The van der Waals surface area contributed by atoms with Crippen molar-refractivity contribution in [2.75, 3.05) is 13.7 Å². The number of para-hydroxylation sites is 1. The number of likely N-dealkylation sites (tertiary alicyclic amines) is 1. The number of aliphatic hydroxyl groups excluding tert-OH is 1. The minimum Gasteiger partial charge on any atom is -0.507 e. The first-order valence-corrected chi connectivity index (χ1v) is 12.8. The van der Waals surface area contributed by atoms with Crippen LogP contribution in [0.4, 0.5) is 0 Å². The molecule has 35 heavy (non-hydrogen) atoms. The zero-order valence-electron chi connectivity index (χ0n) is 19.2. The Bertz CT molecular complexity index is 1470. The SMILES string of the molecule is COc1ccc(/C(O)=C2/C(=O)C(=O)N(CCc3cn(C)c4ccccc34)C2c2cccs2)cc1Br. The highest BCUT2D eigenvalue weighted by Gasteiger charge is 2.46. The number of rotatable bonds is 6. The molecule has 1 saturated heterocycles. The lowest BCUT2D eigenvalue weighted by Gasteiger charge is -2.24. The van der Waals surface area contributed by atoms with Gasteiger partial charge in [-0.3, -0.25) is 9.59 Å². The normalized spacial score (nSPS) is 17.5. The zero-order valence-corrected chi connectivity index (χ0v) is 21.6. The van der Waals surface area contributed by atoms with Crippen molar-refractivity contribution in [3.05, 3.63) is 92.2 Å². The number of ether oxygens (including phenoxy) is 1. The number of ketones is 1. The van der Waals surface area contributed by atoms with Crippen molar-refractivity contribution < 1.29 is 19.4 Å². The lowest BCUT2D eigenvalue weighted by atomic mass is 9.99. The van der Waals surface area contributed by atoms with Crippen molar-refractivity contribution in [3.63, 3.8) is 0 Å². The molecule has 0 bridgehead atoms. The Labute approximate surface area is 215 Å². The van der Waals surface area contributed by atoms with Gasteiger partial charge in [0.15, 0.2) is 0 Å². The van der Waals surface area contributed by atoms with Crippen LogP contribution in [0, 0.1) is 0 Å². The molecule has 4 aromatic rings. The molecule has 1 amide bonds. The highest BCUT2D eigenvalue weighted by atomic mass is 79.9. The quantitative estimate of drug-likeness (QED) is 0.190. The largest absolute Gasteiger partial charge is 0.507 e. The fourth-order valence-corrected chi connectivity index (χ4v) is 6.07. The summed E-state index contributed by atoms with van der Waals surface area (Å²) in [7, 11) is 3.55. The minimum absolute atomic E-state index is 0.104. The number of benzene rings is 2. The molecule has 1 fully saturated rings. The number of aromatic nitrogens is 1. The summed E-state index contributed by atoms with van der Waals surface area (Å²) in [6, 6.07) is 16.3. The summed E-state index contributed by atoms with van der Waals surface area (Å²) in [6.45, 7) is 0.351. The molecular formula is C27H23BrN2O4S. The van der Waals surface area contributed by atoms with Crippen LogP contribution in [-0.4, -0.2) is 39.9 Å². The Hall–Kier alpha value is -3.36. The van der Waals surface area contributed by atoms with Gasteiger partial charge in [-0.25, -0.2) is 0 Å². The van der Waals surface area contributed by atoms with E-state index in [-0.39, 0.29) is 11.3 Å². The van der Waals surface area contributed by atoms with E-state index in [1.165, 1.54) is 11.3 Å². The lowest BCUT2D eigenvalue weighted by Crippen LogP contribution is -2.31. The van der Waals surface area contributed by atoms with Crippen LogP contribution in [0.1, 0.15) is 22.0 Å². The van der Waals surface area contributed by atoms with Crippen LogP contribution in [0.5, 0.6) is 5.75 Å². The van der Waals surface area contributed by atoms with Gasteiger partial charge in [-0.15, -0.1) is 11.3 Å². The number of aryl methyl sites for hydroxylation is 1. The van der Waals surface area contributed by atoms with Gasteiger partial charge >= 0.3 is 0 Å². The first-order chi connectivity index (χ1) is 16.9. The van der Waals surface area contributed by atoms with Gasteiger partial charge in [-0.1, -0.05) is 24.3 Å². The maximum absolute atomic E-state index is 13.2. The third-order valence-electron chi connectivity index (χ3n) is 6.38. The number of thiophene rings is 1. The number of hydrogen-bond donors (Lipinski definition) is 1. The molecule has 0 radical (unpaired) electrons. The summed E-state index contributed by atoms with van der Waals surface area (Å²) in [5.74, 6) is -0.867. The number of fused-ring (bicyclic) bond motifs is 1. The van der Waals surface area contributed by atoms with Crippen molar-refractivity contribution in [1.29, 1.82) is 0 Å². The van der Waals surface area contributed by atoms with Crippen LogP contribution in [0.15, 0.2) is 76.2 Å². The summed E-state index contributed by atoms with van der Waals surface area (Å²) in [4.78, 5) is 28.9. The summed E-state index contributed by atoms with van der Waals surface area (Å²) < 4.78 is 7.98. The van der Waals surface area contributed by atoms with E-state index in [4.69, 9.17) is 4.74 Å². The average molecular weight is 551 g/mol. The number of methoxy groups -OCH3 is 1. The van der Waals surface area contributed by atoms with E-state index in [0.717, 1.165) is 21.3 Å². The maximum atomic E-state index is 13.2. The summed E-state index contributed by atoms with van der Waals surface area (Å²) >= 11 is 4.89. The summed E-state index contributed by atoms with van der Waals surface area (Å²) in [6.07, 6.45) is 2.65. The zero-order chi connectivity index (χ0) is 24.7. The number of carbonyl (C=O) groups excluding carboxylic acids is 2. The average Bonchev–Trinajstić information content (AvgIpc) is 3.56. The molecule has 2 aromatic carbocycles. The first-order valence-electron chi connectivity index (χ1n) is 11.1. The molecule has 0 aliphatic carbocycles. The van der Waals surface area contributed by atoms with Crippen molar-refractivity contribution in [2.24, 2.45) is 7.05 Å². The van der Waals surface area contributed by atoms with E-state index in [0.29, 0.717) is 28.8 Å². The molecular weight excluding hydrogens is 528 g/mol. The second kappa shape index (κ2) is 9.36. The van der Waals surface area contributed by atoms with E-state index in [1.54, 1.807) is 30.2 Å². The molecule has 1 atom stereocenters. The highest BCUT2D eigenvalue weighted by molar-refractivity contribution is 9.10. The smallest absolute Gasteiger partial charge is 0.295 e. The number of carbonyl (C=O) groups is 2. The summed E-state index contributed by atoms with van der Waals surface area (Å²) in [5.41, 5.74) is 2.76. The number of halogens is 1. The summed E-state index contributed by atoms with van der Waals surface area (Å²) in [5, 5.41) is 14.3. The van der Waals surface area contributed by atoms with Crippen LogP contribution in [-0.2, 0) is 23.1 Å². The fraction of sp³-hybridized carbons (Fsp3) is 0.185. The topological polar surface area (TPSA) is 71.8 Å². The molecule has 3 heterocycles. The van der Waals surface area contributed by atoms with Gasteiger partial charge in [0.05, 0.1) is 23.2 Å². The molecule has 5 rings (SSSR count). The highest BCUT2D eigenvalue weighted by Crippen LogP contribution is 2.42. The van der Waals surface area contributed by atoms with Crippen molar-refractivity contribution >= 4 is 55.6 Å². The standard InChI is InChI=1S/C27H23BrN2O4S/c1-29-15-17(18-6-3-4-7-20(18)29)11-12-30-24(22-8-5-13-35-22)23(26(32)27(30)33)25(31)16-9-10-21(34-2)19(28)14-16/h3-10,13-15,24,31H,11-12H2,1-2H3/b25-23-. The second-order valence-electron chi connectivity index (χ2n) is 8.39. The number of amides is 1. The Morgan fingerprint density at radius 1 is 1.14 bits per heavy atom. The number of Topliss-reactive ketones (excluding diaryl/α,β-unsaturated/α-hetero) is 1. The molecule has 2 aromatic heterocycles. The maximum Gasteiger partial charge on any atom is 0.295 e. The molecule has 1 N–H and O–H groups in total. The van der Waals surface area contributed by atoms with Crippen LogP contribution < -0.4 is 4.74 Å². The third kappa shape index (κ3) is 4.06. The van der Waals surface area contributed by atoms with Crippen LogP contribution in [0.3, 0.4) is 0 Å². The molecule has 1 unspecified atom stereocenters. The van der Waals surface area contributed by atoms with E-state index >= 15 is 0 Å². The van der Waals surface area contributed by atoms with Gasteiger partial charge in [0, 0.05) is 41.1 Å². The van der Waals surface area contributed by atoms with Gasteiger partial charge in [-0.2, -0.15) is 0 Å². The Kier molecular flexibility index (Phi) is 6.25. The molecule has 1 aliphatic rings. The van der Waals surface area contributed by atoms with Gasteiger partial charge in [-0.05, 0) is 63.6 Å². The van der Waals surface area contributed by atoms with Crippen molar-refractivity contribution in [1.82, 2.24) is 9.47 Å². The van der Waals surface area contributed by atoms with E-state index < -0.39 is 17.7 Å². The lowest BCUT2D eigenvalue weighted by molar-refractivity contribution is -0.139. The Balaban J connectivity index is 1.54. The molecule has 6 nitrogen and oxygen atoms in total. The number of aliphatic hydroxyl groups is 1. The number of hydrogen-bond acceptors (Lipinski definition) is 5. The van der Waals surface area contributed by atoms with Gasteiger partial charge in [0.2, 0.25) is 0 Å². The van der Waals surface area contributed by atoms with Crippen molar-refractivity contribution in [3.8, 4) is 5.75 Å². The molecule has 178 valence electrons. The second-order valence-corrected chi connectivity index (χ2v) is 10.2. The van der Waals surface area contributed by atoms with Gasteiger partial charge in [0.1, 0.15) is 11.5 Å². The van der Waals surface area contributed by atoms with E-state index in [1.807, 2.05) is 36.7 Å². The first kappa shape index (κ1) is 23.4. The number of nitrogens with zero attached hydrogens (tertiary/aromatic N) is 2. The van der Waals surface area contributed by atoms with E-state index in [9.17, 15) is 14.7 Å². The Morgan fingerprint density at radius 2 is 1.94 bits per heavy atom. The van der Waals surface area contributed by atoms with Gasteiger partial charge in [0.25, 0.3) is 11.7 Å². The van der Waals surface area contributed by atoms with E-state index in [2.05, 4.69) is 38.8 Å². The predicted octanol–water partition coefficient (Wildman–Crippen LogP) is 5.68. The minimum atomic E-state index is -0.675. The monoisotopic (exact) mass is 550 g/mol.